The van der Waals surface area contributed by atoms with E-state index in [0.717, 1.165) is 11.8 Å². The summed E-state index contributed by atoms with van der Waals surface area (Å²) < 4.78 is 46.3. The van der Waals surface area contributed by atoms with Gasteiger partial charge in [0.1, 0.15) is 0 Å². The highest BCUT2D eigenvalue weighted by Gasteiger charge is 2.26. The first-order valence-corrected chi connectivity index (χ1v) is 8.85. The van der Waals surface area contributed by atoms with Crippen LogP contribution in [0.25, 0.3) is 0 Å². The highest BCUT2D eigenvalue weighted by atomic mass is 35.7. The quantitative estimate of drug-likeness (QED) is 0.760. The van der Waals surface area contributed by atoms with Crippen molar-refractivity contribution >= 4 is 29.8 Å². The zero-order valence-corrected chi connectivity index (χ0v) is 11.3. The van der Waals surface area contributed by atoms with Crippen molar-refractivity contribution in [2.45, 2.75) is 18.0 Å². The predicted octanol–water partition coefficient (Wildman–Crippen LogP) is 0.889. The van der Waals surface area contributed by atoms with E-state index in [9.17, 15) is 16.8 Å². The fraction of sp³-hybridized carbons (Fsp3) is 0.333. The minimum Gasteiger partial charge on any atom is -0.212 e. The van der Waals surface area contributed by atoms with Crippen LogP contribution in [0.2, 0.25) is 0 Å². The predicted molar refractivity (Wildman–Crippen MR) is 63.6 cm³/mol. The number of halogens is 1. The molecule has 0 saturated carbocycles. The zero-order chi connectivity index (χ0) is 12.8. The second-order valence-electron chi connectivity index (χ2n) is 3.90. The lowest BCUT2D eigenvalue weighted by Crippen LogP contribution is -2.23. The highest BCUT2D eigenvalue weighted by Crippen LogP contribution is 2.28. The second-order valence-corrected chi connectivity index (χ2v) is 8.45. The molecule has 0 unspecified atom stereocenters. The molecule has 0 atom stereocenters. The Morgan fingerprint density at radius 2 is 1.71 bits per heavy atom. The topological polar surface area (TPSA) is 71.5 Å². The lowest BCUT2D eigenvalue weighted by Gasteiger charge is -2.10. The van der Waals surface area contributed by atoms with Crippen LogP contribution in [0.4, 0.5) is 0 Å². The second kappa shape index (κ2) is 3.94. The Kier molecular flexibility index (Phi) is 2.97. The third-order valence-corrected chi connectivity index (χ3v) is 5.17. The average molecular weight is 296 g/mol. The van der Waals surface area contributed by atoms with Gasteiger partial charge in [-0.25, -0.2) is 16.8 Å². The van der Waals surface area contributed by atoms with Gasteiger partial charge in [0.05, 0.1) is 11.2 Å². The van der Waals surface area contributed by atoms with Gasteiger partial charge in [0, 0.05) is 23.8 Å². The van der Waals surface area contributed by atoms with E-state index >= 15 is 0 Å². The molecule has 0 fully saturated rings. The van der Waals surface area contributed by atoms with Crippen LogP contribution in [0.1, 0.15) is 11.1 Å². The van der Waals surface area contributed by atoms with Gasteiger partial charge < -0.3 is 0 Å². The van der Waals surface area contributed by atoms with Crippen LogP contribution >= 0.6 is 10.7 Å². The molecule has 1 aromatic rings. The van der Waals surface area contributed by atoms with Crippen LogP contribution < -0.4 is 0 Å². The summed E-state index contributed by atoms with van der Waals surface area (Å²) in [6.07, 6.45) is 1.12. The Morgan fingerprint density at radius 1 is 1.12 bits per heavy atom. The maximum Gasteiger partial charge on any atom is 0.261 e. The van der Waals surface area contributed by atoms with Gasteiger partial charge in [-0.05, 0) is 23.3 Å². The number of sulfonamides is 1. The summed E-state index contributed by atoms with van der Waals surface area (Å²) in [6, 6.07) is 4.39. The molecule has 1 aliphatic heterocycles. The molecule has 0 bridgehead atoms. The van der Waals surface area contributed by atoms with E-state index in [2.05, 4.69) is 0 Å². The van der Waals surface area contributed by atoms with Gasteiger partial charge in [-0.15, -0.1) is 0 Å². The van der Waals surface area contributed by atoms with E-state index in [1.807, 2.05) is 0 Å². The van der Waals surface area contributed by atoms with E-state index in [1.165, 1.54) is 16.4 Å². The van der Waals surface area contributed by atoms with E-state index in [-0.39, 0.29) is 18.0 Å². The molecule has 0 spiro atoms. The van der Waals surface area contributed by atoms with Gasteiger partial charge in [-0.3, -0.25) is 0 Å². The number of hydrogen-bond donors (Lipinski definition) is 0. The van der Waals surface area contributed by atoms with Gasteiger partial charge in [-0.1, -0.05) is 6.07 Å². The zero-order valence-electron chi connectivity index (χ0n) is 8.92. The molecular formula is C9H10ClNO4S2. The molecule has 0 N–H and O–H groups in total. The average Bonchev–Trinajstić information content (AvgIpc) is 2.57. The van der Waals surface area contributed by atoms with Crippen LogP contribution in [0, 0.1) is 0 Å². The normalized spacial score (nSPS) is 17.1. The summed E-state index contributed by atoms with van der Waals surface area (Å²) in [6.45, 7) is 0.463. The molecule has 0 aliphatic carbocycles. The Bertz CT molecular complexity index is 666. The first-order valence-electron chi connectivity index (χ1n) is 4.69. The number of nitrogens with zero attached hydrogens (tertiary/aromatic N) is 1. The third kappa shape index (κ3) is 2.62. The van der Waals surface area contributed by atoms with E-state index < -0.39 is 19.1 Å². The molecule has 0 amide bonds. The third-order valence-electron chi connectivity index (χ3n) is 2.62. The lowest BCUT2D eigenvalue weighted by atomic mass is 10.1. The molecule has 0 saturated heterocycles. The van der Waals surface area contributed by atoms with E-state index in [1.54, 1.807) is 6.07 Å². The van der Waals surface area contributed by atoms with E-state index in [0.29, 0.717) is 5.56 Å². The molecule has 0 aromatic heterocycles. The summed E-state index contributed by atoms with van der Waals surface area (Å²) in [5, 5.41) is 0. The monoisotopic (exact) mass is 295 g/mol. The maximum atomic E-state index is 11.4. The van der Waals surface area contributed by atoms with Crippen molar-refractivity contribution in [2.75, 3.05) is 6.26 Å². The number of hydrogen-bond acceptors (Lipinski definition) is 4. The van der Waals surface area contributed by atoms with Crippen molar-refractivity contribution in [3.63, 3.8) is 0 Å². The first-order chi connectivity index (χ1) is 7.68. The van der Waals surface area contributed by atoms with Gasteiger partial charge in [-0.2, -0.15) is 4.31 Å². The Morgan fingerprint density at radius 3 is 2.24 bits per heavy atom. The summed E-state index contributed by atoms with van der Waals surface area (Å²) in [4.78, 5) is -0.00623. The highest BCUT2D eigenvalue weighted by molar-refractivity contribution is 8.13. The van der Waals surface area contributed by atoms with E-state index in [4.69, 9.17) is 10.7 Å². The summed E-state index contributed by atoms with van der Waals surface area (Å²) in [7, 11) is -1.81. The summed E-state index contributed by atoms with van der Waals surface area (Å²) >= 11 is 0. The van der Waals surface area contributed by atoms with Crippen molar-refractivity contribution in [2.24, 2.45) is 0 Å². The molecule has 17 heavy (non-hydrogen) atoms. The molecule has 0 radical (unpaired) electrons. The largest absolute Gasteiger partial charge is 0.261 e. The van der Waals surface area contributed by atoms with Crippen LogP contribution in [0.5, 0.6) is 0 Å². The van der Waals surface area contributed by atoms with Crippen molar-refractivity contribution in [3.8, 4) is 0 Å². The molecule has 1 aliphatic rings. The smallest absolute Gasteiger partial charge is 0.212 e. The SMILES string of the molecule is CS(=O)(=O)N1Cc2ccc(S(=O)(=O)Cl)cc2C1. The van der Waals surface area contributed by atoms with Gasteiger partial charge in [0.25, 0.3) is 9.05 Å². The molecule has 8 heteroatoms. The first kappa shape index (κ1) is 12.8. The molecule has 1 aromatic carbocycles. The molecule has 1 heterocycles. The Hall–Kier alpha value is -0.630. The van der Waals surface area contributed by atoms with Crippen molar-refractivity contribution in [3.05, 3.63) is 29.3 Å². The van der Waals surface area contributed by atoms with Gasteiger partial charge in [0.15, 0.2) is 0 Å². The van der Waals surface area contributed by atoms with Gasteiger partial charge >= 0.3 is 0 Å². The minimum absolute atomic E-state index is 0.00623. The number of fused-ring (bicyclic) bond motifs is 1. The van der Waals surface area contributed by atoms with Gasteiger partial charge in [0.2, 0.25) is 10.0 Å². The lowest BCUT2D eigenvalue weighted by molar-refractivity contribution is 0.436. The molecule has 5 nitrogen and oxygen atoms in total. The summed E-state index contributed by atoms with van der Waals surface area (Å²) in [5.74, 6) is 0. The van der Waals surface area contributed by atoms with Crippen LogP contribution in [0.3, 0.4) is 0 Å². The molecule has 94 valence electrons. The number of rotatable bonds is 2. The van der Waals surface area contributed by atoms with Crippen molar-refractivity contribution in [1.82, 2.24) is 4.31 Å². The Labute approximate surface area is 104 Å². The minimum atomic E-state index is -3.77. The maximum absolute atomic E-state index is 11.4. The van der Waals surface area contributed by atoms with Crippen LogP contribution in [-0.4, -0.2) is 27.4 Å². The fourth-order valence-corrected chi connectivity index (χ4v) is 3.27. The summed E-state index contributed by atoms with van der Waals surface area (Å²) in [5.41, 5.74) is 1.48. The molecular weight excluding hydrogens is 286 g/mol. The van der Waals surface area contributed by atoms with Crippen molar-refractivity contribution in [1.29, 1.82) is 0 Å². The standard InChI is InChI=1S/C9H10ClNO4S2/c1-16(12,13)11-5-7-2-3-9(17(10,14)15)4-8(7)6-11/h2-4H,5-6H2,1H3. The molecule has 2 rings (SSSR count). The Balaban J connectivity index is 2.42. The van der Waals surface area contributed by atoms with Crippen molar-refractivity contribution < 1.29 is 16.8 Å². The number of benzene rings is 1. The fourth-order valence-electron chi connectivity index (χ4n) is 1.73. The van der Waals surface area contributed by atoms with Crippen LogP contribution in [-0.2, 0) is 32.2 Å². The van der Waals surface area contributed by atoms with Crippen LogP contribution in [0.15, 0.2) is 23.1 Å².